The largest absolute Gasteiger partial charge is 0.378 e. The van der Waals surface area contributed by atoms with Crippen molar-refractivity contribution >= 4 is 0 Å². The van der Waals surface area contributed by atoms with Gasteiger partial charge in [0.1, 0.15) is 0 Å². The zero-order valence-electron chi connectivity index (χ0n) is 9.09. The fourth-order valence-electron chi connectivity index (χ4n) is 1.98. The van der Waals surface area contributed by atoms with Gasteiger partial charge in [-0.25, -0.2) is 0 Å². The molecule has 0 bridgehead atoms. The molecule has 1 rings (SSSR count). The van der Waals surface area contributed by atoms with Crippen LogP contribution in [0, 0.1) is 18.3 Å². The lowest BCUT2D eigenvalue weighted by atomic mass is 10.00. The first-order valence-corrected chi connectivity index (χ1v) is 5.64. The van der Waals surface area contributed by atoms with Crippen LogP contribution in [0.15, 0.2) is 0 Å². The Labute approximate surface area is 87.4 Å². The van der Waals surface area contributed by atoms with Crippen LogP contribution in [0.25, 0.3) is 0 Å². The quantitative estimate of drug-likeness (QED) is 0.515. The van der Waals surface area contributed by atoms with Gasteiger partial charge in [0.15, 0.2) is 0 Å². The molecule has 2 nitrogen and oxygen atoms in total. The maximum Gasteiger partial charge on any atom is 0.0613 e. The van der Waals surface area contributed by atoms with Crippen LogP contribution in [0.5, 0.6) is 0 Å². The van der Waals surface area contributed by atoms with E-state index in [0.29, 0.717) is 12.0 Å². The summed E-state index contributed by atoms with van der Waals surface area (Å²) in [4.78, 5) is 0. The van der Waals surface area contributed by atoms with E-state index in [4.69, 9.17) is 11.2 Å². The molecule has 1 heterocycles. The zero-order chi connectivity index (χ0) is 10.2. The van der Waals surface area contributed by atoms with Crippen molar-refractivity contribution in [3.8, 4) is 12.3 Å². The third kappa shape index (κ3) is 3.69. The third-order valence-corrected chi connectivity index (χ3v) is 2.83. The van der Waals surface area contributed by atoms with Gasteiger partial charge >= 0.3 is 0 Å². The summed E-state index contributed by atoms with van der Waals surface area (Å²) in [5.41, 5.74) is 0. The van der Waals surface area contributed by atoms with Crippen LogP contribution in [0.2, 0.25) is 0 Å². The van der Waals surface area contributed by atoms with Gasteiger partial charge in [-0.15, -0.1) is 12.3 Å². The number of unbranched alkanes of at least 4 members (excludes halogenated alkanes) is 1. The topological polar surface area (TPSA) is 21.3 Å². The predicted octanol–water partition coefficient (Wildman–Crippen LogP) is 1.80. The molecule has 1 saturated heterocycles. The number of terminal acetylenes is 1. The molecular weight excluding hydrogens is 174 g/mol. The Morgan fingerprint density at radius 1 is 1.57 bits per heavy atom. The van der Waals surface area contributed by atoms with Gasteiger partial charge < -0.3 is 10.1 Å². The van der Waals surface area contributed by atoms with Crippen molar-refractivity contribution in [3.63, 3.8) is 0 Å². The normalized spacial score (nSPS) is 26.3. The molecule has 1 fully saturated rings. The highest BCUT2D eigenvalue weighted by Crippen LogP contribution is 2.22. The molecule has 0 aromatic rings. The van der Waals surface area contributed by atoms with Crippen molar-refractivity contribution in [1.82, 2.24) is 5.32 Å². The van der Waals surface area contributed by atoms with E-state index >= 15 is 0 Å². The summed E-state index contributed by atoms with van der Waals surface area (Å²) >= 11 is 0. The highest BCUT2D eigenvalue weighted by atomic mass is 16.5. The summed E-state index contributed by atoms with van der Waals surface area (Å²) in [6, 6.07) is 0. The van der Waals surface area contributed by atoms with Crippen LogP contribution in [-0.2, 0) is 4.74 Å². The Morgan fingerprint density at radius 2 is 2.43 bits per heavy atom. The Kier molecular flexibility index (Phi) is 5.66. The number of ether oxygens (including phenoxy) is 1. The number of rotatable bonds is 6. The van der Waals surface area contributed by atoms with E-state index in [9.17, 15) is 0 Å². The summed E-state index contributed by atoms with van der Waals surface area (Å²) < 4.78 is 5.62. The van der Waals surface area contributed by atoms with Gasteiger partial charge in [0.25, 0.3) is 0 Å². The highest BCUT2D eigenvalue weighted by Gasteiger charge is 2.25. The Balaban J connectivity index is 2.03. The minimum absolute atomic E-state index is 0.482. The van der Waals surface area contributed by atoms with Crippen molar-refractivity contribution < 1.29 is 4.74 Å². The third-order valence-electron chi connectivity index (χ3n) is 2.83. The Hall–Kier alpha value is -0.520. The SMILES string of the molecule is C#CCCCNCC1CCOC1CC. The zero-order valence-corrected chi connectivity index (χ0v) is 9.09. The van der Waals surface area contributed by atoms with Gasteiger partial charge in [-0.05, 0) is 31.7 Å². The fourth-order valence-corrected chi connectivity index (χ4v) is 1.98. The Bertz CT molecular complexity index is 185. The molecule has 2 unspecified atom stereocenters. The van der Waals surface area contributed by atoms with Gasteiger partial charge in [-0.3, -0.25) is 0 Å². The Morgan fingerprint density at radius 3 is 3.14 bits per heavy atom. The molecule has 0 spiro atoms. The molecule has 1 aliphatic rings. The van der Waals surface area contributed by atoms with Gasteiger partial charge in [0.05, 0.1) is 6.10 Å². The highest BCUT2D eigenvalue weighted by molar-refractivity contribution is 4.83. The summed E-state index contributed by atoms with van der Waals surface area (Å²) in [5.74, 6) is 3.37. The molecule has 0 radical (unpaired) electrons. The molecule has 0 aromatic carbocycles. The fraction of sp³-hybridized carbons (Fsp3) is 0.833. The summed E-state index contributed by atoms with van der Waals surface area (Å²) in [6.45, 7) is 5.26. The van der Waals surface area contributed by atoms with Crippen molar-refractivity contribution in [3.05, 3.63) is 0 Å². The van der Waals surface area contributed by atoms with Gasteiger partial charge in [0, 0.05) is 19.6 Å². The first-order valence-electron chi connectivity index (χ1n) is 5.64. The number of hydrogen-bond donors (Lipinski definition) is 1. The summed E-state index contributed by atoms with van der Waals surface area (Å²) in [5, 5.41) is 3.45. The molecule has 80 valence electrons. The van der Waals surface area contributed by atoms with E-state index in [1.165, 1.54) is 6.42 Å². The molecule has 0 amide bonds. The monoisotopic (exact) mass is 195 g/mol. The second-order valence-corrected chi connectivity index (χ2v) is 3.88. The average Bonchev–Trinajstić information content (AvgIpc) is 2.65. The van der Waals surface area contributed by atoms with E-state index in [2.05, 4.69) is 18.2 Å². The molecule has 0 aliphatic carbocycles. The van der Waals surface area contributed by atoms with Crippen molar-refractivity contribution in [2.45, 2.75) is 38.7 Å². The maximum absolute atomic E-state index is 5.62. The van der Waals surface area contributed by atoms with E-state index in [-0.39, 0.29) is 0 Å². The van der Waals surface area contributed by atoms with Crippen LogP contribution >= 0.6 is 0 Å². The van der Waals surface area contributed by atoms with Crippen LogP contribution < -0.4 is 5.32 Å². The predicted molar refractivity (Wildman–Crippen MR) is 59.1 cm³/mol. The smallest absolute Gasteiger partial charge is 0.0613 e. The first kappa shape index (κ1) is 11.6. The average molecular weight is 195 g/mol. The van der Waals surface area contributed by atoms with E-state index in [1.54, 1.807) is 0 Å². The molecule has 14 heavy (non-hydrogen) atoms. The van der Waals surface area contributed by atoms with E-state index in [0.717, 1.165) is 39.0 Å². The molecule has 2 atom stereocenters. The van der Waals surface area contributed by atoms with Crippen LogP contribution in [0.4, 0.5) is 0 Å². The molecule has 0 saturated carbocycles. The van der Waals surface area contributed by atoms with Crippen LogP contribution in [-0.4, -0.2) is 25.8 Å². The van der Waals surface area contributed by atoms with E-state index < -0.39 is 0 Å². The first-order chi connectivity index (χ1) is 6.88. The van der Waals surface area contributed by atoms with Crippen molar-refractivity contribution in [2.75, 3.05) is 19.7 Å². The standard InChI is InChI=1S/C12H21NO/c1-3-5-6-8-13-10-11-7-9-14-12(11)4-2/h1,11-13H,4-10H2,2H3. The minimum atomic E-state index is 0.482. The second-order valence-electron chi connectivity index (χ2n) is 3.88. The lowest BCUT2D eigenvalue weighted by Crippen LogP contribution is -2.28. The number of nitrogens with one attached hydrogen (secondary N) is 1. The van der Waals surface area contributed by atoms with Crippen molar-refractivity contribution in [1.29, 1.82) is 0 Å². The lowest BCUT2D eigenvalue weighted by molar-refractivity contribution is 0.0873. The van der Waals surface area contributed by atoms with Gasteiger partial charge in [0.2, 0.25) is 0 Å². The molecule has 2 heteroatoms. The van der Waals surface area contributed by atoms with E-state index in [1.807, 2.05) is 0 Å². The number of hydrogen-bond acceptors (Lipinski definition) is 2. The maximum atomic E-state index is 5.62. The molecular formula is C12H21NO. The van der Waals surface area contributed by atoms with Gasteiger partial charge in [-0.1, -0.05) is 6.92 Å². The van der Waals surface area contributed by atoms with Crippen molar-refractivity contribution in [2.24, 2.45) is 5.92 Å². The van der Waals surface area contributed by atoms with Gasteiger partial charge in [-0.2, -0.15) is 0 Å². The minimum Gasteiger partial charge on any atom is -0.378 e. The summed E-state index contributed by atoms with van der Waals surface area (Å²) in [6.07, 6.45) is 9.97. The van der Waals surface area contributed by atoms with Crippen LogP contribution in [0.3, 0.4) is 0 Å². The molecule has 1 aliphatic heterocycles. The second kappa shape index (κ2) is 6.86. The molecule has 0 aromatic heterocycles. The van der Waals surface area contributed by atoms with Crippen LogP contribution in [0.1, 0.15) is 32.6 Å². The lowest BCUT2D eigenvalue weighted by Gasteiger charge is -2.16. The molecule has 1 N–H and O–H groups in total. The summed E-state index contributed by atoms with van der Waals surface area (Å²) in [7, 11) is 0.